The van der Waals surface area contributed by atoms with Gasteiger partial charge in [0.05, 0.1) is 65.4 Å². The maximum Gasteiger partial charge on any atom is 0.308 e. The van der Waals surface area contributed by atoms with Crippen LogP contribution in [0.4, 0.5) is 0 Å². The van der Waals surface area contributed by atoms with Crippen LogP contribution >= 0.6 is 0 Å². The molecule has 0 rings (SSSR count). The fourth-order valence-corrected chi connectivity index (χ4v) is 3.62. The van der Waals surface area contributed by atoms with Crippen LogP contribution in [-0.2, 0) is 32.9 Å². The van der Waals surface area contributed by atoms with Gasteiger partial charge in [0.2, 0.25) is 0 Å². The van der Waals surface area contributed by atoms with E-state index in [0.717, 1.165) is 25.7 Å². The third-order valence-electron chi connectivity index (χ3n) is 5.82. The first-order valence-corrected chi connectivity index (χ1v) is 15.2. The Hall–Kier alpha value is -0.513. The van der Waals surface area contributed by atoms with Crippen molar-refractivity contribution in [2.45, 2.75) is 78.4 Å². The summed E-state index contributed by atoms with van der Waals surface area (Å²) in [6.07, 6.45) is 3.89. The van der Waals surface area contributed by atoms with Gasteiger partial charge in [-0.15, -0.1) is 0 Å². The first-order valence-electron chi connectivity index (χ1n) is 12.3. The Morgan fingerprint density at radius 3 is 1.59 bits per heavy atom. The molecule has 8 heteroatoms. The van der Waals surface area contributed by atoms with Crippen LogP contribution < -0.4 is 0 Å². The number of carbonyl (C=O) groups excluding carboxylic acids is 1. The number of carbonyl (C=O) groups is 1. The Kier molecular flexibility index (Phi) is 18.6. The maximum atomic E-state index is 12.0. The standard InChI is InChI=1S/C24H50O7Si/c1-8-10-11-22(9-2)23(25)30-20-18-28-16-14-26-12-13-27-15-17-29-19-21-31-32(6,7)24(3,4)5/h22H,8-21H2,1-7H3. The average Bonchev–Trinajstić information content (AvgIpc) is 2.73. The molecule has 0 N–H and O–H groups in total. The molecule has 0 amide bonds. The Morgan fingerprint density at radius 1 is 0.750 bits per heavy atom. The molecule has 0 aliphatic rings. The molecule has 0 aromatic heterocycles. The van der Waals surface area contributed by atoms with Gasteiger partial charge in [0.1, 0.15) is 6.61 Å². The molecule has 1 unspecified atom stereocenters. The lowest BCUT2D eigenvalue weighted by Crippen LogP contribution is -2.41. The minimum absolute atomic E-state index is 0.0132. The molecule has 0 aromatic carbocycles. The fourth-order valence-electron chi connectivity index (χ4n) is 2.59. The summed E-state index contributed by atoms with van der Waals surface area (Å²) >= 11 is 0. The fraction of sp³-hybridized carbons (Fsp3) is 0.958. The van der Waals surface area contributed by atoms with Gasteiger partial charge in [-0.1, -0.05) is 47.5 Å². The first kappa shape index (κ1) is 31.5. The zero-order valence-corrected chi connectivity index (χ0v) is 22.8. The molecule has 32 heavy (non-hydrogen) atoms. The van der Waals surface area contributed by atoms with Gasteiger partial charge in [0.15, 0.2) is 8.32 Å². The minimum Gasteiger partial charge on any atom is -0.463 e. The number of hydrogen-bond acceptors (Lipinski definition) is 7. The summed E-state index contributed by atoms with van der Waals surface area (Å²) in [6.45, 7) is 20.4. The highest BCUT2D eigenvalue weighted by Crippen LogP contribution is 2.36. The lowest BCUT2D eigenvalue weighted by Gasteiger charge is -2.36. The molecule has 0 radical (unpaired) electrons. The SMILES string of the molecule is CCCCC(CC)C(=O)OCCOCCOCCOCCOCCO[Si](C)(C)C(C)(C)C. The maximum absolute atomic E-state index is 12.0. The van der Waals surface area contributed by atoms with Crippen molar-refractivity contribution < 1.29 is 32.9 Å². The summed E-state index contributed by atoms with van der Waals surface area (Å²) in [6, 6.07) is 0. The van der Waals surface area contributed by atoms with Gasteiger partial charge in [0, 0.05) is 0 Å². The molecular formula is C24H50O7Si. The lowest BCUT2D eigenvalue weighted by atomic mass is 10.00. The number of ether oxygens (including phenoxy) is 5. The smallest absolute Gasteiger partial charge is 0.308 e. The normalized spacial score (nSPS) is 13.3. The molecule has 1 atom stereocenters. The molecule has 0 aliphatic carbocycles. The Bertz CT molecular complexity index is 452. The van der Waals surface area contributed by atoms with Gasteiger partial charge in [-0.25, -0.2) is 0 Å². The highest BCUT2D eigenvalue weighted by Gasteiger charge is 2.36. The highest BCUT2D eigenvalue weighted by atomic mass is 28.4. The van der Waals surface area contributed by atoms with Crippen LogP contribution in [0.15, 0.2) is 0 Å². The quantitative estimate of drug-likeness (QED) is 0.133. The Labute approximate surface area is 197 Å². The van der Waals surface area contributed by atoms with Crippen molar-refractivity contribution in [3.8, 4) is 0 Å². The van der Waals surface area contributed by atoms with Gasteiger partial charge in [0.25, 0.3) is 0 Å². The molecule has 0 saturated carbocycles. The lowest BCUT2D eigenvalue weighted by molar-refractivity contribution is -0.150. The van der Waals surface area contributed by atoms with Crippen LogP contribution in [0, 0.1) is 5.92 Å². The van der Waals surface area contributed by atoms with Crippen LogP contribution in [0.5, 0.6) is 0 Å². The monoisotopic (exact) mass is 478 g/mol. The number of hydrogen-bond donors (Lipinski definition) is 0. The predicted molar refractivity (Wildman–Crippen MR) is 131 cm³/mol. The van der Waals surface area contributed by atoms with Crippen molar-refractivity contribution in [1.29, 1.82) is 0 Å². The number of rotatable bonds is 21. The second kappa shape index (κ2) is 18.9. The predicted octanol–water partition coefficient (Wildman–Crippen LogP) is 4.83. The molecule has 0 aromatic rings. The van der Waals surface area contributed by atoms with Crippen LogP contribution in [-0.4, -0.2) is 80.4 Å². The van der Waals surface area contributed by atoms with Gasteiger partial charge in [-0.05, 0) is 31.0 Å². The molecule has 0 heterocycles. The second-order valence-corrected chi connectivity index (χ2v) is 14.3. The van der Waals surface area contributed by atoms with E-state index in [2.05, 4.69) is 40.8 Å². The van der Waals surface area contributed by atoms with E-state index in [4.69, 9.17) is 28.1 Å². The Balaban J connectivity index is 3.39. The van der Waals surface area contributed by atoms with Crippen LogP contribution in [0.3, 0.4) is 0 Å². The zero-order chi connectivity index (χ0) is 24.3. The summed E-state index contributed by atoms with van der Waals surface area (Å²) in [4.78, 5) is 12.0. The van der Waals surface area contributed by atoms with Crippen LogP contribution in [0.1, 0.15) is 60.3 Å². The van der Waals surface area contributed by atoms with Gasteiger partial charge < -0.3 is 28.1 Å². The summed E-state index contributed by atoms with van der Waals surface area (Å²) in [5.41, 5.74) is 0. The van der Waals surface area contributed by atoms with E-state index < -0.39 is 8.32 Å². The largest absolute Gasteiger partial charge is 0.463 e. The zero-order valence-electron chi connectivity index (χ0n) is 21.8. The average molecular weight is 479 g/mol. The molecule has 192 valence electrons. The van der Waals surface area contributed by atoms with E-state index in [1.54, 1.807) is 0 Å². The molecule has 0 fully saturated rings. The molecule has 0 spiro atoms. The summed E-state index contributed by atoms with van der Waals surface area (Å²) in [5, 5.41) is 0.222. The van der Waals surface area contributed by atoms with E-state index in [9.17, 15) is 4.79 Å². The molecule has 7 nitrogen and oxygen atoms in total. The van der Waals surface area contributed by atoms with E-state index >= 15 is 0 Å². The van der Waals surface area contributed by atoms with E-state index in [-0.39, 0.29) is 16.9 Å². The van der Waals surface area contributed by atoms with E-state index in [1.165, 1.54) is 0 Å². The number of unbranched alkanes of at least 4 members (excludes halogenated alkanes) is 1. The van der Waals surface area contributed by atoms with Crippen molar-refractivity contribution in [3.05, 3.63) is 0 Å². The van der Waals surface area contributed by atoms with Crippen molar-refractivity contribution in [2.24, 2.45) is 5.92 Å². The molecular weight excluding hydrogens is 428 g/mol. The van der Waals surface area contributed by atoms with Crippen LogP contribution in [0.25, 0.3) is 0 Å². The van der Waals surface area contributed by atoms with Crippen molar-refractivity contribution in [3.63, 3.8) is 0 Å². The minimum atomic E-state index is -1.69. The molecule has 0 saturated heterocycles. The topological polar surface area (TPSA) is 72.5 Å². The summed E-state index contributed by atoms with van der Waals surface area (Å²) < 4.78 is 33.3. The molecule has 0 bridgehead atoms. The first-order chi connectivity index (χ1) is 15.2. The van der Waals surface area contributed by atoms with Crippen molar-refractivity contribution >= 4 is 14.3 Å². The van der Waals surface area contributed by atoms with Crippen LogP contribution in [0.2, 0.25) is 18.1 Å². The van der Waals surface area contributed by atoms with E-state index in [0.29, 0.717) is 66.1 Å². The third-order valence-corrected chi connectivity index (χ3v) is 10.4. The summed E-state index contributed by atoms with van der Waals surface area (Å²) in [5.74, 6) is -0.0932. The van der Waals surface area contributed by atoms with Crippen molar-refractivity contribution in [1.82, 2.24) is 0 Å². The van der Waals surface area contributed by atoms with Crippen molar-refractivity contribution in [2.75, 3.05) is 66.1 Å². The van der Waals surface area contributed by atoms with Gasteiger partial charge in [-0.2, -0.15) is 0 Å². The van der Waals surface area contributed by atoms with E-state index in [1.807, 2.05) is 6.92 Å². The van der Waals surface area contributed by atoms with Gasteiger partial charge in [-0.3, -0.25) is 4.79 Å². The second-order valence-electron chi connectivity index (χ2n) is 9.47. The number of esters is 1. The Morgan fingerprint density at radius 2 is 1.19 bits per heavy atom. The third kappa shape index (κ3) is 16.2. The molecule has 0 aliphatic heterocycles. The summed E-state index contributed by atoms with van der Waals surface area (Å²) in [7, 11) is -1.69. The highest BCUT2D eigenvalue weighted by molar-refractivity contribution is 6.74. The van der Waals surface area contributed by atoms with Gasteiger partial charge >= 0.3 is 5.97 Å².